The standard InChI is InChI=1S/C22H24FN3OS/c1-16(28-20-11-4-3-5-12-20)22(27)26(2)13-7-10-19-15-21(25-24-19)17-8-6-9-18(23)14-17/h3-6,8-9,11-12,14-16H,7,10,13H2,1-2H3,(H,24,25). The number of carbonyl (C=O) groups excluding carboxylic acids is 1. The van der Waals surface area contributed by atoms with Crippen molar-refractivity contribution in [1.29, 1.82) is 0 Å². The molecule has 1 unspecified atom stereocenters. The summed E-state index contributed by atoms with van der Waals surface area (Å²) in [6.07, 6.45) is 1.61. The van der Waals surface area contributed by atoms with Gasteiger partial charge in [0, 0.05) is 29.7 Å². The topological polar surface area (TPSA) is 49.0 Å². The second-order valence-electron chi connectivity index (χ2n) is 6.73. The van der Waals surface area contributed by atoms with Crippen LogP contribution in [-0.4, -0.2) is 39.8 Å². The monoisotopic (exact) mass is 397 g/mol. The fraction of sp³-hybridized carbons (Fsp3) is 0.273. The van der Waals surface area contributed by atoms with E-state index in [1.807, 2.05) is 56.4 Å². The fourth-order valence-corrected chi connectivity index (χ4v) is 3.97. The van der Waals surface area contributed by atoms with E-state index in [2.05, 4.69) is 10.2 Å². The number of thioether (sulfide) groups is 1. The number of H-pyrrole nitrogens is 1. The molecule has 1 aromatic heterocycles. The minimum absolute atomic E-state index is 0.124. The van der Waals surface area contributed by atoms with E-state index in [9.17, 15) is 9.18 Å². The number of halogens is 1. The zero-order valence-electron chi connectivity index (χ0n) is 16.1. The van der Waals surface area contributed by atoms with Gasteiger partial charge in [0.25, 0.3) is 0 Å². The Kier molecular flexibility index (Phi) is 6.87. The molecule has 0 bridgehead atoms. The Hall–Kier alpha value is -2.60. The summed E-state index contributed by atoms with van der Waals surface area (Å²) in [5, 5.41) is 7.14. The van der Waals surface area contributed by atoms with Crippen molar-refractivity contribution in [2.24, 2.45) is 0 Å². The molecule has 0 spiro atoms. The number of hydrogen-bond acceptors (Lipinski definition) is 3. The van der Waals surface area contributed by atoms with Gasteiger partial charge in [-0.2, -0.15) is 5.10 Å². The van der Waals surface area contributed by atoms with E-state index < -0.39 is 0 Å². The van der Waals surface area contributed by atoms with Gasteiger partial charge in [0.2, 0.25) is 5.91 Å². The van der Waals surface area contributed by atoms with Crippen molar-refractivity contribution in [1.82, 2.24) is 15.1 Å². The van der Waals surface area contributed by atoms with Crippen LogP contribution in [0.15, 0.2) is 65.6 Å². The zero-order chi connectivity index (χ0) is 19.9. The van der Waals surface area contributed by atoms with Crippen molar-refractivity contribution < 1.29 is 9.18 Å². The highest BCUT2D eigenvalue weighted by atomic mass is 32.2. The first-order valence-corrected chi connectivity index (χ1v) is 10.2. The Labute approximate surface area is 169 Å². The van der Waals surface area contributed by atoms with Gasteiger partial charge in [-0.05, 0) is 50.1 Å². The van der Waals surface area contributed by atoms with Crippen molar-refractivity contribution in [3.05, 3.63) is 72.2 Å². The summed E-state index contributed by atoms with van der Waals surface area (Å²) in [6.45, 7) is 2.61. The third kappa shape index (κ3) is 5.45. The van der Waals surface area contributed by atoms with Gasteiger partial charge in [-0.15, -0.1) is 11.8 Å². The zero-order valence-corrected chi connectivity index (χ0v) is 16.9. The number of aromatic amines is 1. The lowest BCUT2D eigenvalue weighted by Gasteiger charge is -2.21. The van der Waals surface area contributed by atoms with Crippen LogP contribution in [0.5, 0.6) is 0 Å². The molecule has 2 aromatic carbocycles. The number of amides is 1. The maximum atomic E-state index is 13.4. The van der Waals surface area contributed by atoms with Gasteiger partial charge in [-0.3, -0.25) is 9.89 Å². The first-order chi connectivity index (χ1) is 13.5. The van der Waals surface area contributed by atoms with E-state index in [4.69, 9.17) is 0 Å². The van der Waals surface area contributed by atoms with Crippen LogP contribution in [0.3, 0.4) is 0 Å². The summed E-state index contributed by atoms with van der Waals surface area (Å²) >= 11 is 1.57. The van der Waals surface area contributed by atoms with Crippen LogP contribution < -0.4 is 0 Å². The van der Waals surface area contributed by atoms with Gasteiger partial charge >= 0.3 is 0 Å². The molecule has 1 heterocycles. The lowest BCUT2D eigenvalue weighted by atomic mass is 10.1. The molecule has 1 atom stereocenters. The van der Waals surface area contributed by atoms with Gasteiger partial charge in [-0.25, -0.2) is 4.39 Å². The van der Waals surface area contributed by atoms with Gasteiger partial charge in [-0.1, -0.05) is 30.3 Å². The summed E-state index contributed by atoms with van der Waals surface area (Å²) in [5.74, 6) is -0.149. The third-order valence-electron chi connectivity index (χ3n) is 4.47. The molecule has 0 radical (unpaired) electrons. The Bertz CT molecular complexity index is 913. The molecule has 0 aliphatic heterocycles. The number of benzene rings is 2. The maximum absolute atomic E-state index is 13.4. The summed E-state index contributed by atoms with van der Waals surface area (Å²) < 4.78 is 13.4. The highest BCUT2D eigenvalue weighted by molar-refractivity contribution is 8.00. The second kappa shape index (κ2) is 9.55. The summed E-state index contributed by atoms with van der Waals surface area (Å²) in [5.41, 5.74) is 2.46. The van der Waals surface area contributed by atoms with Crippen molar-refractivity contribution in [3.63, 3.8) is 0 Å². The minimum Gasteiger partial charge on any atom is -0.345 e. The van der Waals surface area contributed by atoms with Crippen LogP contribution >= 0.6 is 11.8 Å². The number of aromatic nitrogens is 2. The molecule has 1 N–H and O–H groups in total. The second-order valence-corrected chi connectivity index (χ2v) is 8.14. The smallest absolute Gasteiger partial charge is 0.235 e. The molecular formula is C22H24FN3OS. The maximum Gasteiger partial charge on any atom is 0.235 e. The SMILES string of the molecule is CC(Sc1ccccc1)C(=O)N(C)CCCc1cc(-c2cccc(F)c2)n[nH]1. The van der Waals surface area contributed by atoms with E-state index in [1.165, 1.54) is 12.1 Å². The Morgan fingerprint density at radius 3 is 2.71 bits per heavy atom. The van der Waals surface area contributed by atoms with E-state index >= 15 is 0 Å². The summed E-state index contributed by atoms with van der Waals surface area (Å²) in [7, 11) is 1.84. The number of nitrogens with one attached hydrogen (secondary N) is 1. The average molecular weight is 398 g/mol. The molecule has 4 nitrogen and oxygen atoms in total. The molecule has 0 fully saturated rings. The summed E-state index contributed by atoms with van der Waals surface area (Å²) in [4.78, 5) is 15.4. The largest absolute Gasteiger partial charge is 0.345 e. The van der Waals surface area contributed by atoms with Gasteiger partial charge < -0.3 is 4.90 Å². The van der Waals surface area contributed by atoms with Crippen LogP contribution in [0.4, 0.5) is 4.39 Å². The first-order valence-electron chi connectivity index (χ1n) is 9.30. The van der Waals surface area contributed by atoms with Gasteiger partial charge in [0.1, 0.15) is 5.82 Å². The van der Waals surface area contributed by atoms with E-state index in [0.717, 1.165) is 34.7 Å². The molecule has 6 heteroatoms. The number of rotatable bonds is 8. The highest BCUT2D eigenvalue weighted by Crippen LogP contribution is 2.24. The van der Waals surface area contributed by atoms with Crippen molar-refractivity contribution in [2.45, 2.75) is 29.9 Å². The van der Waals surface area contributed by atoms with Crippen LogP contribution in [-0.2, 0) is 11.2 Å². The van der Waals surface area contributed by atoms with Crippen molar-refractivity contribution >= 4 is 17.7 Å². The molecule has 28 heavy (non-hydrogen) atoms. The highest BCUT2D eigenvalue weighted by Gasteiger charge is 2.18. The first kappa shape index (κ1) is 20.1. The Balaban J connectivity index is 1.47. The predicted molar refractivity (Wildman–Crippen MR) is 112 cm³/mol. The molecule has 146 valence electrons. The lowest BCUT2D eigenvalue weighted by molar-refractivity contribution is -0.129. The third-order valence-corrected chi connectivity index (χ3v) is 5.57. The number of carbonyl (C=O) groups is 1. The number of aryl methyl sites for hydroxylation is 1. The molecule has 1 amide bonds. The molecular weight excluding hydrogens is 373 g/mol. The Morgan fingerprint density at radius 1 is 1.18 bits per heavy atom. The van der Waals surface area contributed by atoms with Gasteiger partial charge in [0.05, 0.1) is 10.9 Å². The fourth-order valence-electron chi connectivity index (χ4n) is 2.97. The van der Waals surface area contributed by atoms with Crippen LogP contribution in [0.2, 0.25) is 0 Å². The van der Waals surface area contributed by atoms with Crippen molar-refractivity contribution in [3.8, 4) is 11.3 Å². The van der Waals surface area contributed by atoms with Crippen LogP contribution in [0, 0.1) is 5.82 Å². The van der Waals surface area contributed by atoms with E-state index in [1.54, 1.807) is 22.7 Å². The molecule has 0 aliphatic rings. The molecule has 3 rings (SSSR count). The summed E-state index contributed by atoms with van der Waals surface area (Å²) in [6, 6.07) is 18.3. The Morgan fingerprint density at radius 2 is 1.96 bits per heavy atom. The number of hydrogen-bond donors (Lipinski definition) is 1. The normalized spacial score (nSPS) is 12.0. The molecule has 0 saturated carbocycles. The van der Waals surface area contributed by atoms with E-state index in [0.29, 0.717) is 6.54 Å². The predicted octanol–water partition coefficient (Wildman–Crippen LogP) is 4.79. The van der Waals surface area contributed by atoms with Crippen LogP contribution in [0.1, 0.15) is 19.0 Å². The molecule has 0 aliphatic carbocycles. The average Bonchev–Trinajstić information content (AvgIpc) is 3.17. The molecule has 0 saturated heterocycles. The lowest BCUT2D eigenvalue weighted by Crippen LogP contribution is -2.34. The minimum atomic E-state index is -0.273. The van der Waals surface area contributed by atoms with Crippen LogP contribution in [0.25, 0.3) is 11.3 Å². The number of nitrogens with zero attached hydrogens (tertiary/aromatic N) is 2. The molecule has 3 aromatic rings. The quantitative estimate of drug-likeness (QED) is 0.556. The van der Waals surface area contributed by atoms with Gasteiger partial charge in [0.15, 0.2) is 0 Å². The van der Waals surface area contributed by atoms with E-state index in [-0.39, 0.29) is 17.0 Å². The van der Waals surface area contributed by atoms with Crippen molar-refractivity contribution in [2.75, 3.05) is 13.6 Å².